The van der Waals surface area contributed by atoms with Crippen LogP contribution < -0.4 is 5.32 Å². The number of hydrogen-bond donors (Lipinski definition) is 3. The van der Waals surface area contributed by atoms with E-state index in [1.165, 1.54) is 12.1 Å². The number of rotatable bonds is 4. The molecule has 3 heterocycles. The average molecular weight is 486 g/mol. The maximum atomic E-state index is 11.5. The lowest BCUT2D eigenvalue weighted by Crippen LogP contribution is -2.58. The van der Waals surface area contributed by atoms with Gasteiger partial charge in [-0.25, -0.2) is 4.79 Å². The molecule has 4 aromatic rings. The number of phenolic OH excluding ortho intramolecular Hbond substituents is 1. The summed E-state index contributed by atoms with van der Waals surface area (Å²) in [6.07, 6.45) is -1.22. The molecule has 34 heavy (non-hydrogen) atoms. The van der Waals surface area contributed by atoms with Gasteiger partial charge in [0.15, 0.2) is 5.79 Å². The van der Waals surface area contributed by atoms with Gasteiger partial charge in [-0.3, -0.25) is 0 Å². The molecule has 0 unspecified atom stereocenters. The van der Waals surface area contributed by atoms with Gasteiger partial charge in [0.1, 0.15) is 22.6 Å². The molecule has 1 saturated heterocycles. The van der Waals surface area contributed by atoms with E-state index in [0.717, 1.165) is 0 Å². The number of halogens is 1. The van der Waals surface area contributed by atoms with Gasteiger partial charge in [-0.1, -0.05) is 16.8 Å². The highest BCUT2D eigenvalue weighted by molar-refractivity contribution is 6.32. The third-order valence-electron chi connectivity index (χ3n) is 5.55. The molecule has 0 saturated carbocycles. The lowest BCUT2D eigenvalue weighted by atomic mass is 9.96. The number of ether oxygens (including phenoxy) is 2. The molecule has 1 amide bonds. The smallest absolute Gasteiger partial charge is 0.405 e. The van der Waals surface area contributed by atoms with Crippen molar-refractivity contribution < 1.29 is 33.4 Å². The number of carbonyl (C=O) groups is 1. The third-order valence-corrected chi connectivity index (χ3v) is 5.85. The first kappa shape index (κ1) is 22.2. The van der Waals surface area contributed by atoms with Gasteiger partial charge >= 0.3 is 6.09 Å². The topological polar surface area (TPSA) is 140 Å². The molecule has 0 aliphatic carbocycles. The number of phenols is 1. The van der Waals surface area contributed by atoms with E-state index in [1.807, 2.05) is 6.07 Å². The van der Waals surface area contributed by atoms with Gasteiger partial charge in [-0.2, -0.15) is 4.98 Å². The van der Waals surface area contributed by atoms with Crippen LogP contribution in [-0.4, -0.2) is 45.4 Å². The van der Waals surface area contributed by atoms with Crippen LogP contribution in [0.1, 0.15) is 19.6 Å². The first-order valence-electron chi connectivity index (χ1n) is 10.3. The molecular formula is C23H20ClN3O7. The van der Waals surface area contributed by atoms with Crippen molar-refractivity contribution in [3.05, 3.63) is 53.2 Å². The molecule has 0 atom stereocenters. The maximum Gasteiger partial charge on any atom is 0.405 e. The van der Waals surface area contributed by atoms with Gasteiger partial charge in [-0.15, -0.1) is 0 Å². The van der Waals surface area contributed by atoms with Crippen molar-refractivity contribution in [2.75, 3.05) is 13.2 Å². The lowest BCUT2D eigenvalue weighted by molar-refractivity contribution is -0.274. The number of aromatic hydroxyl groups is 1. The fourth-order valence-corrected chi connectivity index (χ4v) is 3.85. The van der Waals surface area contributed by atoms with Crippen LogP contribution in [0.15, 0.2) is 51.4 Å². The molecule has 1 fully saturated rings. The van der Waals surface area contributed by atoms with Crippen molar-refractivity contribution in [3.8, 4) is 28.6 Å². The summed E-state index contributed by atoms with van der Waals surface area (Å²) < 4.78 is 22.8. The second kappa shape index (κ2) is 8.01. The average Bonchev–Trinajstić information content (AvgIpc) is 3.44. The number of hydrogen-bond acceptors (Lipinski definition) is 8. The van der Waals surface area contributed by atoms with Crippen LogP contribution in [0, 0.1) is 0 Å². The van der Waals surface area contributed by atoms with E-state index in [-0.39, 0.29) is 29.9 Å². The number of nitrogens with zero attached hydrogens (tertiary/aromatic N) is 2. The minimum Gasteiger partial charge on any atom is -0.506 e. The number of nitrogens with one attached hydrogen (secondary N) is 1. The number of fused-ring (bicyclic) bond motifs is 1. The van der Waals surface area contributed by atoms with Gasteiger partial charge in [-0.05, 0) is 56.3 Å². The minimum atomic E-state index is -1.22. The molecule has 10 nitrogen and oxygen atoms in total. The maximum absolute atomic E-state index is 11.5. The summed E-state index contributed by atoms with van der Waals surface area (Å²) in [7, 11) is 0. The second-order valence-electron chi connectivity index (χ2n) is 8.44. The largest absolute Gasteiger partial charge is 0.506 e. The molecule has 1 aliphatic rings. The van der Waals surface area contributed by atoms with Crippen molar-refractivity contribution in [3.63, 3.8) is 0 Å². The van der Waals surface area contributed by atoms with E-state index < -0.39 is 17.4 Å². The fraction of sp³-hybridized carbons (Fsp3) is 0.261. The zero-order valence-electron chi connectivity index (χ0n) is 18.2. The summed E-state index contributed by atoms with van der Waals surface area (Å²) >= 11 is 5.97. The Morgan fingerprint density at radius 2 is 1.82 bits per heavy atom. The fourth-order valence-electron chi connectivity index (χ4n) is 3.67. The Balaban J connectivity index is 1.48. The molecule has 5 rings (SSSR count). The Labute approximate surface area is 198 Å². The Bertz CT molecular complexity index is 1380. The molecule has 0 radical (unpaired) electrons. The molecule has 2 aromatic heterocycles. The zero-order chi connectivity index (χ0) is 24.1. The van der Waals surface area contributed by atoms with E-state index in [4.69, 9.17) is 30.0 Å². The monoisotopic (exact) mass is 485 g/mol. The lowest BCUT2D eigenvalue weighted by Gasteiger charge is -2.41. The number of benzene rings is 2. The summed E-state index contributed by atoms with van der Waals surface area (Å²) in [6, 6.07) is 11.7. The van der Waals surface area contributed by atoms with Crippen LogP contribution in [0.3, 0.4) is 0 Å². The Morgan fingerprint density at radius 3 is 2.53 bits per heavy atom. The first-order valence-corrected chi connectivity index (χ1v) is 10.7. The summed E-state index contributed by atoms with van der Waals surface area (Å²) in [5.41, 5.74) is 0.578. The predicted octanol–water partition coefficient (Wildman–Crippen LogP) is 4.75. The molecular weight excluding hydrogens is 466 g/mol. The standard InChI is InChI=1S/C23H20ClN3O7/c1-22(2)31-10-23(11-32-22,26-21(29)30)18-9-14-7-12(4-6-17(14)33-18)19-25-20(34-27-19)13-3-5-16(28)15(24)8-13/h3-9,26,28H,10-11H2,1-2H3,(H,29,30). The second-order valence-corrected chi connectivity index (χ2v) is 8.85. The van der Waals surface area contributed by atoms with E-state index >= 15 is 0 Å². The zero-order valence-corrected chi connectivity index (χ0v) is 18.9. The van der Waals surface area contributed by atoms with Gasteiger partial charge in [0.05, 0.1) is 18.2 Å². The van der Waals surface area contributed by atoms with Gasteiger partial charge in [0.25, 0.3) is 5.89 Å². The van der Waals surface area contributed by atoms with Crippen LogP contribution in [0.2, 0.25) is 5.02 Å². The van der Waals surface area contributed by atoms with E-state index in [0.29, 0.717) is 33.7 Å². The van der Waals surface area contributed by atoms with Gasteiger partial charge in [0.2, 0.25) is 5.82 Å². The summed E-state index contributed by atoms with van der Waals surface area (Å²) in [5, 5.41) is 26.4. The first-order chi connectivity index (χ1) is 16.1. The van der Waals surface area contributed by atoms with Crippen LogP contribution >= 0.6 is 11.6 Å². The summed E-state index contributed by atoms with van der Waals surface area (Å²) in [6.45, 7) is 3.60. The van der Waals surface area contributed by atoms with Crippen molar-refractivity contribution in [1.29, 1.82) is 0 Å². The predicted molar refractivity (Wildman–Crippen MR) is 120 cm³/mol. The van der Waals surface area contributed by atoms with Crippen LogP contribution in [0.5, 0.6) is 5.75 Å². The molecule has 2 aromatic carbocycles. The van der Waals surface area contributed by atoms with Crippen LogP contribution in [0.25, 0.3) is 33.8 Å². The van der Waals surface area contributed by atoms with Crippen molar-refractivity contribution in [1.82, 2.24) is 15.5 Å². The number of carboxylic acid groups (broad SMARTS) is 1. The summed E-state index contributed by atoms with van der Waals surface area (Å²) in [5.74, 6) is 0.0758. The molecule has 0 spiro atoms. The molecule has 3 N–H and O–H groups in total. The Hall–Kier alpha value is -3.60. The molecule has 176 valence electrons. The Kier molecular flexibility index (Phi) is 5.23. The van der Waals surface area contributed by atoms with E-state index in [2.05, 4.69) is 15.5 Å². The van der Waals surface area contributed by atoms with Crippen molar-refractivity contribution in [2.45, 2.75) is 25.2 Å². The SMILES string of the molecule is CC1(C)OCC(NC(=O)O)(c2cc3cc(-c4noc(-c5ccc(O)c(Cl)c5)n4)ccc3o2)CO1. The number of amides is 1. The quantitative estimate of drug-likeness (QED) is 0.373. The minimum absolute atomic E-state index is 0.0427. The number of aromatic nitrogens is 2. The van der Waals surface area contributed by atoms with Crippen molar-refractivity contribution >= 4 is 28.7 Å². The normalized spacial score (nSPS) is 17.0. The van der Waals surface area contributed by atoms with Crippen molar-refractivity contribution in [2.24, 2.45) is 0 Å². The molecule has 1 aliphatic heterocycles. The Morgan fingerprint density at radius 1 is 1.09 bits per heavy atom. The molecule has 11 heteroatoms. The van der Waals surface area contributed by atoms with Crippen LogP contribution in [-0.2, 0) is 15.0 Å². The molecule has 0 bridgehead atoms. The highest BCUT2D eigenvalue weighted by atomic mass is 35.5. The van der Waals surface area contributed by atoms with Gasteiger partial charge < -0.3 is 33.9 Å². The highest BCUT2D eigenvalue weighted by Crippen LogP contribution is 2.36. The number of furan rings is 1. The summed E-state index contributed by atoms with van der Waals surface area (Å²) in [4.78, 5) is 15.9. The highest BCUT2D eigenvalue weighted by Gasteiger charge is 2.45. The van der Waals surface area contributed by atoms with Gasteiger partial charge in [0, 0.05) is 16.5 Å². The third kappa shape index (κ3) is 4.07. The van der Waals surface area contributed by atoms with E-state index in [1.54, 1.807) is 38.1 Å². The van der Waals surface area contributed by atoms with E-state index in [9.17, 15) is 15.0 Å². The van der Waals surface area contributed by atoms with Crippen LogP contribution in [0.4, 0.5) is 4.79 Å².